The van der Waals surface area contributed by atoms with E-state index in [1.165, 1.54) is 0 Å². The molecule has 1 heterocycles. The van der Waals surface area contributed by atoms with Gasteiger partial charge >= 0.3 is 5.97 Å². The van der Waals surface area contributed by atoms with Gasteiger partial charge in [-0.15, -0.1) is 0 Å². The normalized spacial score (nSPS) is 12.1. The van der Waals surface area contributed by atoms with Crippen LogP contribution in [0.2, 0.25) is 0 Å². The van der Waals surface area contributed by atoms with E-state index < -0.39 is 0 Å². The second-order valence-corrected chi connectivity index (χ2v) is 6.28. The second-order valence-electron chi connectivity index (χ2n) is 6.28. The lowest BCUT2D eigenvalue weighted by Gasteiger charge is -2.17. The van der Waals surface area contributed by atoms with E-state index in [2.05, 4.69) is 0 Å². The van der Waals surface area contributed by atoms with Crippen LogP contribution in [-0.2, 0) is 16.1 Å². The highest BCUT2D eigenvalue weighted by atomic mass is 16.5. The number of esters is 1. The van der Waals surface area contributed by atoms with Gasteiger partial charge in [-0.3, -0.25) is 0 Å². The van der Waals surface area contributed by atoms with Crippen molar-refractivity contribution < 1.29 is 14.3 Å². The first kappa shape index (κ1) is 18.1. The zero-order chi connectivity index (χ0) is 18.4. The van der Waals surface area contributed by atoms with Gasteiger partial charge < -0.3 is 14.0 Å². The highest BCUT2D eigenvalue weighted by Gasteiger charge is 2.21. The predicted molar refractivity (Wildman–Crippen MR) is 103 cm³/mol. The summed E-state index contributed by atoms with van der Waals surface area (Å²) >= 11 is 0. The molecule has 0 spiro atoms. The third-order valence-corrected chi connectivity index (χ3v) is 4.40. The highest BCUT2D eigenvalue weighted by Crippen LogP contribution is 2.30. The molecule has 136 valence electrons. The molecule has 0 aliphatic heterocycles. The first-order chi connectivity index (χ1) is 12.7. The van der Waals surface area contributed by atoms with Crippen molar-refractivity contribution in [2.45, 2.75) is 39.3 Å². The van der Waals surface area contributed by atoms with Gasteiger partial charge in [0.25, 0.3) is 0 Å². The summed E-state index contributed by atoms with van der Waals surface area (Å²) in [4.78, 5) is 12.4. The Morgan fingerprint density at radius 2 is 1.85 bits per heavy atom. The van der Waals surface area contributed by atoms with Gasteiger partial charge in [0.2, 0.25) is 0 Å². The van der Waals surface area contributed by atoms with Crippen LogP contribution in [0, 0.1) is 0 Å². The first-order valence-corrected chi connectivity index (χ1v) is 9.17. The molecular weight excluding hydrogens is 326 g/mol. The average Bonchev–Trinajstić information content (AvgIpc) is 3.10. The number of fused-ring (bicyclic) bond motifs is 1. The van der Waals surface area contributed by atoms with Crippen molar-refractivity contribution in [2.24, 2.45) is 0 Å². The molecule has 1 unspecified atom stereocenters. The molecule has 0 aliphatic rings. The number of hydrogen-bond acceptors (Lipinski definition) is 3. The summed E-state index contributed by atoms with van der Waals surface area (Å²) in [5.74, 6) is 0.643. The third-order valence-electron chi connectivity index (χ3n) is 4.40. The van der Waals surface area contributed by atoms with Crippen molar-refractivity contribution >= 4 is 16.9 Å². The van der Waals surface area contributed by atoms with E-state index in [4.69, 9.17) is 9.47 Å². The molecule has 26 heavy (non-hydrogen) atoms. The van der Waals surface area contributed by atoms with Crippen LogP contribution in [0.1, 0.15) is 38.3 Å². The molecule has 2 aromatic carbocycles. The molecule has 3 rings (SSSR count). The van der Waals surface area contributed by atoms with Gasteiger partial charge in [0.05, 0.1) is 12.1 Å². The molecule has 0 bridgehead atoms. The Morgan fingerprint density at radius 1 is 1.04 bits per heavy atom. The maximum atomic E-state index is 12.4. The first-order valence-electron chi connectivity index (χ1n) is 9.17. The van der Waals surface area contributed by atoms with Crippen molar-refractivity contribution in [1.29, 1.82) is 0 Å². The summed E-state index contributed by atoms with van der Waals surface area (Å²) in [6, 6.07) is 17.7. The Bertz CT molecular complexity index is 854. The third kappa shape index (κ3) is 3.90. The average molecular weight is 351 g/mol. The molecule has 0 amide bonds. The number of ether oxygens (including phenoxy) is 2. The van der Waals surface area contributed by atoms with Crippen molar-refractivity contribution in [2.75, 3.05) is 6.61 Å². The number of carbonyl (C=O) groups is 1. The fraction of sp³-hybridized carbons (Fsp3) is 0.318. The lowest BCUT2D eigenvalue weighted by Crippen LogP contribution is -2.21. The molecule has 0 fully saturated rings. The summed E-state index contributed by atoms with van der Waals surface area (Å²) in [6.07, 6.45) is 3.45. The Kier molecular flexibility index (Phi) is 5.95. The number of rotatable bonds is 8. The molecule has 4 nitrogen and oxygen atoms in total. The van der Waals surface area contributed by atoms with E-state index >= 15 is 0 Å². The Balaban J connectivity index is 1.84. The van der Waals surface area contributed by atoms with Crippen LogP contribution < -0.4 is 4.74 Å². The standard InChI is InChI=1S/C22H25NO3/c1-3-15-25-22(24)19(4-2)23-14-13-18-20(23)11-8-12-21(18)26-16-17-9-6-5-7-10-17/h5-14,19H,3-4,15-16H2,1-2H3. The van der Waals surface area contributed by atoms with E-state index in [1.54, 1.807) is 0 Å². The van der Waals surface area contributed by atoms with Crippen LogP contribution in [0.25, 0.3) is 10.9 Å². The molecule has 0 saturated carbocycles. The molecule has 1 atom stereocenters. The van der Waals surface area contributed by atoms with E-state index in [0.29, 0.717) is 19.6 Å². The summed E-state index contributed by atoms with van der Waals surface area (Å²) < 4.78 is 13.4. The largest absolute Gasteiger partial charge is 0.488 e. The van der Waals surface area contributed by atoms with E-state index in [9.17, 15) is 4.79 Å². The van der Waals surface area contributed by atoms with Crippen molar-refractivity contribution in [3.8, 4) is 5.75 Å². The highest BCUT2D eigenvalue weighted by molar-refractivity contribution is 5.88. The SMILES string of the molecule is CCCOC(=O)C(CC)n1ccc2c(OCc3ccccc3)cccc21. The summed E-state index contributed by atoms with van der Waals surface area (Å²) in [7, 11) is 0. The van der Waals surface area contributed by atoms with Crippen LogP contribution in [0.4, 0.5) is 0 Å². The van der Waals surface area contributed by atoms with E-state index in [1.807, 2.05) is 79.2 Å². The maximum Gasteiger partial charge on any atom is 0.329 e. The predicted octanol–water partition coefficient (Wildman–Crippen LogP) is 5.12. The zero-order valence-corrected chi connectivity index (χ0v) is 15.4. The topological polar surface area (TPSA) is 40.5 Å². The molecule has 0 aliphatic carbocycles. The number of carbonyl (C=O) groups excluding carboxylic acids is 1. The van der Waals surface area contributed by atoms with Gasteiger partial charge in [-0.25, -0.2) is 4.79 Å². The molecule has 3 aromatic rings. The monoisotopic (exact) mass is 351 g/mol. The Hall–Kier alpha value is -2.75. The van der Waals surface area contributed by atoms with Gasteiger partial charge in [0.15, 0.2) is 0 Å². The minimum atomic E-state index is -0.316. The molecule has 0 saturated heterocycles. The van der Waals surface area contributed by atoms with Crippen LogP contribution in [0.15, 0.2) is 60.8 Å². The quantitative estimate of drug-likeness (QED) is 0.529. The minimum Gasteiger partial charge on any atom is -0.488 e. The minimum absolute atomic E-state index is 0.178. The van der Waals surface area contributed by atoms with Crippen molar-refractivity contribution in [1.82, 2.24) is 4.57 Å². The summed E-state index contributed by atoms with van der Waals surface area (Å²) in [5, 5.41) is 1.00. The molecular formula is C22H25NO3. The number of aromatic nitrogens is 1. The van der Waals surface area contributed by atoms with Gasteiger partial charge in [-0.05, 0) is 36.6 Å². The molecule has 4 heteroatoms. The van der Waals surface area contributed by atoms with Crippen molar-refractivity contribution in [3.05, 3.63) is 66.4 Å². The lowest BCUT2D eigenvalue weighted by molar-refractivity contribution is -0.147. The summed E-state index contributed by atoms with van der Waals surface area (Å²) in [6.45, 7) is 4.97. The fourth-order valence-corrected chi connectivity index (χ4v) is 3.07. The van der Waals surface area contributed by atoms with Crippen LogP contribution in [0.3, 0.4) is 0 Å². The van der Waals surface area contributed by atoms with E-state index in [0.717, 1.165) is 28.6 Å². The van der Waals surface area contributed by atoms with Gasteiger partial charge in [0.1, 0.15) is 18.4 Å². The zero-order valence-electron chi connectivity index (χ0n) is 15.4. The molecule has 1 aromatic heterocycles. The van der Waals surface area contributed by atoms with Gasteiger partial charge in [0, 0.05) is 11.6 Å². The number of hydrogen-bond donors (Lipinski definition) is 0. The number of nitrogens with zero attached hydrogens (tertiary/aromatic N) is 1. The van der Waals surface area contributed by atoms with Crippen LogP contribution >= 0.6 is 0 Å². The van der Waals surface area contributed by atoms with E-state index in [-0.39, 0.29) is 12.0 Å². The van der Waals surface area contributed by atoms with Crippen LogP contribution in [0.5, 0.6) is 5.75 Å². The van der Waals surface area contributed by atoms with Crippen LogP contribution in [-0.4, -0.2) is 17.1 Å². The Morgan fingerprint density at radius 3 is 2.58 bits per heavy atom. The van der Waals surface area contributed by atoms with Gasteiger partial charge in [-0.1, -0.05) is 50.2 Å². The number of benzene rings is 2. The van der Waals surface area contributed by atoms with Crippen molar-refractivity contribution in [3.63, 3.8) is 0 Å². The molecule has 0 radical (unpaired) electrons. The second kappa shape index (κ2) is 8.56. The molecule has 0 N–H and O–H groups in total. The lowest BCUT2D eigenvalue weighted by atomic mass is 10.2. The smallest absolute Gasteiger partial charge is 0.329 e. The Labute approximate surface area is 154 Å². The fourth-order valence-electron chi connectivity index (χ4n) is 3.07. The van der Waals surface area contributed by atoms with Gasteiger partial charge in [-0.2, -0.15) is 0 Å². The maximum absolute atomic E-state index is 12.4. The summed E-state index contributed by atoms with van der Waals surface area (Å²) in [5.41, 5.74) is 2.11.